The van der Waals surface area contributed by atoms with Gasteiger partial charge in [0.1, 0.15) is 10.8 Å². The molecule has 22 heavy (non-hydrogen) atoms. The van der Waals surface area contributed by atoms with E-state index in [1.54, 1.807) is 23.5 Å². The smallest absolute Gasteiger partial charge is 0.124 e. The number of fused-ring (bicyclic) bond motifs is 2. The summed E-state index contributed by atoms with van der Waals surface area (Å²) in [7, 11) is 1.92. The largest absolute Gasteiger partial charge is 0.508 e. The Morgan fingerprint density at radius 2 is 1.77 bits per heavy atom. The lowest BCUT2D eigenvalue weighted by Crippen LogP contribution is -1.87. The SMILES string of the molecule is CNc1ccc2cc(-c3nc4ccc(O)cc4s3)ccc2c1. The fraction of sp³-hybridized carbons (Fsp3) is 0.0556. The first-order chi connectivity index (χ1) is 10.7. The summed E-state index contributed by atoms with van der Waals surface area (Å²) in [5.41, 5.74) is 3.13. The number of benzene rings is 3. The van der Waals surface area contributed by atoms with Crippen LogP contribution in [0.4, 0.5) is 5.69 Å². The van der Waals surface area contributed by atoms with Crippen LogP contribution in [0.3, 0.4) is 0 Å². The van der Waals surface area contributed by atoms with Crippen LogP contribution < -0.4 is 5.32 Å². The Kier molecular flexibility index (Phi) is 2.98. The normalized spacial score (nSPS) is 11.1. The lowest BCUT2D eigenvalue weighted by atomic mass is 10.1. The van der Waals surface area contributed by atoms with Crippen molar-refractivity contribution < 1.29 is 5.11 Å². The maximum atomic E-state index is 9.57. The van der Waals surface area contributed by atoms with Crippen molar-refractivity contribution in [3.05, 3.63) is 54.6 Å². The molecule has 3 aromatic carbocycles. The van der Waals surface area contributed by atoms with E-state index >= 15 is 0 Å². The summed E-state index contributed by atoms with van der Waals surface area (Å²) in [6, 6.07) is 18.0. The minimum Gasteiger partial charge on any atom is -0.508 e. The van der Waals surface area contributed by atoms with E-state index in [-0.39, 0.29) is 5.75 Å². The molecule has 0 saturated carbocycles. The molecule has 2 N–H and O–H groups in total. The summed E-state index contributed by atoms with van der Waals surface area (Å²) in [5, 5.41) is 16.1. The van der Waals surface area contributed by atoms with Crippen LogP contribution in [0, 0.1) is 0 Å². The van der Waals surface area contributed by atoms with Gasteiger partial charge in [-0.2, -0.15) is 0 Å². The zero-order valence-corrected chi connectivity index (χ0v) is 12.8. The van der Waals surface area contributed by atoms with Gasteiger partial charge in [-0.3, -0.25) is 0 Å². The summed E-state index contributed by atoms with van der Waals surface area (Å²) in [4.78, 5) is 4.66. The minimum atomic E-state index is 0.279. The van der Waals surface area contributed by atoms with Crippen molar-refractivity contribution in [3.63, 3.8) is 0 Å². The molecular formula is C18H14N2OS. The zero-order chi connectivity index (χ0) is 15.1. The van der Waals surface area contributed by atoms with Crippen LogP contribution in [0.1, 0.15) is 0 Å². The minimum absolute atomic E-state index is 0.279. The lowest BCUT2D eigenvalue weighted by Gasteiger charge is -2.04. The Balaban J connectivity index is 1.84. The van der Waals surface area contributed by atoms with Gasteiger partial charge in [0.15, 0.2) is 0 Å². The predicted octanol–water partition coefficient (Wildman–Crippen LogP) is 4.86. The molecule has 0 aliphatic heterocycles. The molecule has 0 aliphatic carbocycles. The van der Waals surface area contributed by atoms with Gasteiger partial charge in [-0.15, -0.1) is 11.3 Å². The Hall–Kier alpha value is -2.59. The van der Waals surface area contributed by atoms with Gasteiger partial charge in [-0.1, -0.05) is 18.2 Å². The second-order valence-electron chi connectivity index (χ2n) is 5.20. The third-order valence-electron chi connectivity index (χ3n) is 3.75. The number of phenolic OH excluding ortho intramolecular Hbond substituents is 1. The van der Waals surface area contributed by atoms with Crippen molar-refractivity contribution >= 4 is 38.0 Å². The third-order valence-corrected chi connectivity index (χ3v) is 4.82. The molecule has 3 nitrogen and oxygen atoms in total. The second-order valence-corrected chi connectivity index (χ2v) is 6.23. The topological polar surface area (TPSA) is 45.2 Å². The number of phenols is 1. The first kappa shape index (κ1) is 13.1. The van der Waals surface area contributed by atoms with E-state index in [1.807, 2.05) is 13.1 Å². The lowest BCUT2D eigenvalue weighted by molar-refractivity contribution is 0.476. The molecule has 0 unspecified atom stereocenters. The molecule has 4 heteroatoms. The van der Waals surface area contributed by atoms with Crippen molar-refractivity contribution in [2.75, 3.05) is 12.4 Å². The molecule has 0 radical (unpaired) electrons. The van der Waals surface area contributed by atoms with E-state index in [2.05, 4.69) is 46.7 Å². The molecule has 4 aromatic rings. The van der Waals surface area contributed by atoms with Gasteiger partial charge in [-0.25, -0.2) is 4.98 Å². The van der Waals surface area contributed by atoms with Crippen LogP contribution in [-0.2, 0) is 0 Å². The van der Waals surface area contributed by atoms with Crippen molar-refractivity contribution in [1.29, 1.82) is 0 Å². The fourth-order valence-electron chi connectivity index (χ4n) is 2.57. The third kappa shape index (κ3) is 2.18. The molecule has 4 rings (SSSR count). The summed E-state index contributed by atoms with van der Waals surface area (Å²) in [5.74, 6) is 0.279. The highest BCUT2D eigenvalue weighted by molar-refractivity contribution is 7.21. The standard InChI is InChI=1S/C18H14N2OS/c1-19-14-5-4-11-8-13(3-2-12(11)9-14)18-20-16-7-6-15(21)10-17(16)22-18/h2-10,19,21H,1H3. The van der Waals surface area contributed by atoms with E-state index in [0.29, 0.717) is 0 Å². The highest BCUT2D eigenvalue weighted by Crippen LogP contribution is 2.33. The number of rotatable bonds is 2. The van der Waals surface area contributed by atoms with Crippen molar-refractivity contribution in [3.8, 4) is 16.3 Å². The summed E-state index contributed by atoms with van der Waals surface area (Å²) < 4.78 is 1.00. The molecule has 1 heterocycles. The summed E-state index contributed by atoms with van der Waals surface area (Å²) >= 11 is 1.60. The number of hydrogen-bond donors (Lipinski definition) is 2. The zero-order valence-electron chi connectivity index (χ0n) is 12.0. The number of aromatic nitrogens is 1. The molecule has 0 amide bonds. The molecule has 1 aromatic heterocycles. The first-order valence-corrected chi connectivity index (χ1v) is 7.86. The fourth-order valence-corrected chi connectivity index (χ4v) is 3.57. The van der Waals surface area contributed by atoms with Crippen molar-refractivity contribution in [2.45, 2.75) is 0 Å². The van der Waals surface area contributed by atoms with Crippen LogP contribution in [0.2, 0.25) is 0 Å². The van der Waals surface area contributed by atoms with Gasteiger partial charge >= 0.3 is 0 Å². The Morgan fingerprint density at radius 1 is 0.955 bits per heavy atom. The highest BCUT2D eigenvalue weighted by atomic mass is 32.1. The van der Waals surface area contributed by atoms with Crippen molar-refractivity contribution in [1.82, 2.24) is 4.98 Å². The van der Waals surface area contributed by atoms with Gasteiger partial charge in [0.2, 0.25) is 0 Å². The predicted molar refractivity (Wildman–Crippen MR) is 93.8 cm³/mol. The van der Waals surface area contributed by atoms with Gasteiger partial charge in [0.05, 0.1) is 10.2 Å². The molecule has 0 fully saturated rings. The number of nitrogens with one attached hydrogen (secondary N) is 1. The number of anilines is 1. The second kappa shape index (κ2) is 5.00. The molecule has 108 valence electrons. The van der Waals surface area contributed by atoms with Gasteiger partial charge in [-0.05, 0) is 47.2 Å². The molecule has 0 atom stereocenters. The van der Waals surface area contributed by atoms with E-state index in [4.69, 9.17) is 0 Å². The van der Waals surface area contributed by atoms with E-state index in [9.17, 15) is 5.11 Å². The summed E-state index contributed by atoms with van der Waals surface area (Å²) in [6.45, 7) is 0. The summed E-state index contributed by atoms with van der Waals surface area (Å²) in [6.07, 6.45) is 0. The molecular weight excluding hydrogens is 292 g/mol. The Morgan fingerprint density at radius 3 is 2.64 bits per heavy atom. The number of thiazole rings is 1. The van der Waals surface area contributed by atoms with Crippen LogP contribution >= 0.6 is 11.3 Å². The van der Waals surface area contributed by atoms with Crippen LogP contribution in [0.5, 0.6) is 5.75 Å². The monoisotopic (exact) mass is 306 g/mol. The van der Waals surface area contributed by atoms with Gasteiger partial charge in [0, 0.05) is 18.3 Å². The maximum absolute atomic E-state index is 9.57. The van der Waals surface area contributed by atoms with Crippen molar-refractivity contribution in [2.24, 2.45) is 0 Å². The Labute approximate surface area is 131 Å². The molecule has 0 saturated heterocycles. The van der Waals surface area contributed by atoms with Crippen LogP contribution in [-0.4, -0.2) is 17.1 Å². The van der Waals surface area contributed by atoms with Crippen LogP contribution in [0.15, 0.2) is 54.6 Å². The van der Waals surface area contributed by atoms with Gasteiger partial charge < -0.3 is 10.4 Å². The molecule has 0 spiro atoms. The van der Waals surface area contributed by atoms with Gasteiger partial charge in [0.25, 0.3) is 0 Å². The van der Waals surface area contributed by atoms with E-state index in [1.165, 1.54) is 10.8 Å². The first-order valence-electron chi connectivity index (χ1n) is 7.04. The van der Waals surface area contributed by atoms with E-state index in [0.717, 1.165) is 26.5 Å². The average Bonchev–Trinajstić information content (AvgIpc) is 2.96. The Bertz CT molecular complexity index is 991. The number of hydrogen-bond acceptors (Lipinski definition) is 4. The molecule has 0 aliphatic rings. The van der Waals surface area contributed by atoms with Crippen LogP contribution in [0.25, 0.3) is 31.6 Å². The number of aromatic hydroxyl groups is 1. The number of nitrogens with zero attached hydrogens (tertiary/aromatic N) is 1. The van der Waals surface area contributed by atoms with E-state index < -0.39 is 0 Å². The maximum Gasteiger partial charge on any atom is 0.124 e. The quantitative estimate of drug-likeness (QED) is 0.555. The average molecular weight is 306 g/mol. The molecule has 0 bridgehead atoms. The highest BCUT2D eigenvalue weighted by Gasteiger charge is 2.08.